The lowest BCUT2D eigenvalue weighted by Crippen LogP contribution is -2.24. The maximum absolute atomic E-state index is 12.8. The number of benzene rings is 2. The smallest absolute Gasteiger partial charge is 0.422 e. The molecule has 3 aliphatic rings. The number of carbonyl (C=O) groups excluding carboxylic acids is 2. The van der Waals surface area contributed by atoms with Gasteiger partial charge in [0, 0.05) is 36.4 Å². The summed E-state index contributed by atoms with van der Waals surface area (Å²) in [5.74, 6) is -0.375. The molecule has 0 atom stereocenters. The number of ether oxygens (including phenoxy) is 1. The minimum atomic E-state index is -4.58. The van der Waals surface area contributed by atoms with Crippen molar-refractivity contribution >= 4 is 29.4 Å². The molecule has 2 aromatic carbocycles. The molecule has 2 amide bonds. The fraction of sp³-hybridized carbons (Fsp3) is 0.469. The molecule has 0 unspecified atom stereocenters. The van der Waals surface area contributed by atoms with Gasteiger partial charge in [-0.25, -0.2) is 0 Å². The number of halogens is 3. The standard InChI is InChI=1S/C32H40F3N7O3/c33-32(34,35)22-45-31-41-29-38-21-23-11-13-24(14-12-23)27(43)36-19-9-7-5-3-1-2-4-6-8-10-20-37-28(44)25-15-17-26(18-16-25)39-30(40-29)42-31/h11-18H,1-10,19-22H2,(H,36,43)(H,37,44)(H2,38,39,40,41,42). The zero-order chi connectivity index (χ0) is 31.9. The number of nitrogens with zero attached hydrogens (tertiary/aromatic N) is 3. The number of alkyl halides is 3. The fourth-order valence-electron chi connectivity index (χ4n) is 4.76. The summed E-state index contributed by atoms with van der Waals surface area (Å²) >= 11 is 0. The van der Waals surface area contributed by atoms with Crippen LogP contribution in [0.5, 0.6) is 6.01 Å². The van der Waals surface area contributed by atoms with Gasteiger partial charge in [0.15, 0.2) is 6.61 Å². The van der Waals surface area contributed by atoms with Crippen LogP contribution >= 0.6 is 0 Å². The molecule has 4 heterocycles. The predicted molar refractivity (Wildman–Crippen MR) is 166 cm³/mol. The third-order valence-corrected chi connectivity index (χ3v) is 7.22. The third-order valence-electron chi connectivity index (χ3n) is 7.22. The Labute approximate surface area is 261 Å². The Morgan fingerprint density at radius 3 is 1.64 bits per heavy atom. The molecular weight excluding hydrogens is 587 g/mol. The van der Waals surface area contributed by atoms with Crippen molar-refractivity contribution in [1.29, 1.82) is 0 Å². The Morgan fingerprint density at radius 1 is 0.622 bits per heavy atom. The van der Waals surface area contributed by atoms with Gasteiger partial charge in [0.2, 0.25) is 11.9 Å². The van der Waals surface area contributed by atoms with E-state index < -0.39 is 18.8 Å². The van der Waals surface area contributed by atoms with E-state index in [0.717, 1.165) is 44.1 Å². The average molecular weight is 628 g/mol. The summed E-state index contributed by atoms with van der Waals surface area (Å²) in [7, 11) is 0. The molecule has 0 fully saturated rings. The topological polar surface area (TPSA) is 130 Å². The lowest BCUT2D eigenvalue weighted by atomic mass is 10.1. The Bertz CT molecular complexity index is 1370. The van der Waals surface area contributed by atoms with Crippen LogP contribution in [-0.2, 0) is 6.54 Å². The van der Waals surface area contributed by atoms with E-state index in [-0.39, 0.29) is 30.3 Å². The molecule has 45 heavy (non-hydrogen) atoms. The second-order valence-corrected chi connectivity index (χ2v) is 11.0. The van der Waals surface area contributed by atoms with Crippen molar-refractivity contribution in [3.63, 3.8) is 0 Å². The highest BCUT2D eigenvalue weighted by atomic mass is 19.4. The van der Waals surface area contributed by atoms with Crippen molar-refractivity contribution in [2.24, 2.45) is 0 Å². The van der Waals surface area contributed by atoms with Crippen LogP contribution in [0.2, 0.25) is 0 Å². The van der Waals surface area contributed by atoms with Crippen LogP contribution in [0.1, 0.15) is 90.5 Å². The normalized spacial score (nSPS) is 16.5. The monoisotopic (exact) mass is 627 g/mol. The zero-order valence-electron chi connectivity index (χ0n) is 25.2. The first kappa shape index (κ1) is 33.5. The number of amides is 2. The van der Waals surface area contributed by atoms with Crippen molar-refractivity contribution in [1.82, 2.24) is 25.6 Å². The molecule has 3 aliphatic heterocycles. The molecule has 0 saturated carbocycles. The molecule has 13 heteroatoms. The van der Waals surface area contributed by atoms with Crippen LogP contribution in [0.25, 0.3) is 0 Å². The van der Waals surface area contributed by atoms with Gasteiger partial charge < -0.3 is 26.0 Å². The largest absolute Gasteiger partial charge is 0.454 e. The molecule has 10 nitrogen and oxygen atoms in total. The van der Waals surface area contributed by atoms with E-state index in [1.165, 1.54) is 25.7 Å². The van der Waals surface area contributed by atoms with Gasteiger partial charge >= 0.3 is 12.2 Å². The Kier molecular flexibility index (Phi) is 12.8. The molecular formula is C32H40F3N7O3. The second kappa shape index (κ2) is 17.2. The summed E-state index contributed by atoms with van der Waals surface area (Å²) in [6.45, 7) is -0.116. The molecule has 1 aromatic heterocycles. The highest BCUT2D eigenvalue weighted by Gasteiger charge is 2.29. The van der Waals surface area contributed by atoms with E-state index >= 15 is 0 Å². The summed E-state index contributed by atoms with van der Waals surface area (Å²) in [5, 5.41) is 11.8. The van der Waals surface area contributed by atoms with Crippen molar-refractivity contribution in [3.8, 4) is 6.01 Å². The van der Waals surface area contributed by atoms with E-state index in [1.54, 1.807) is 48.5 Å². The highest BCUT2D eigenvalue weighted by molar-refractivity contribution is 5.94. The Balaban J connectivity index is 1.46. The average Bonchev–Trinajstić information content (AvgIpc) is 3.02. The number of aromatic nitrogens is 3. The van der Waals surface area contributed by atoms with Gasteiger partial charge in [-0.2, -0.15) is 28.1 Å². The zero-order valence-corrected chi connectivity index (χ0v) is 25.2. The lowest BCUT2D eigenvalue weighted by Gasteiger charge is -2.12. The molecule has 0 spiro atoms. The minimum absolute atomic E-state index is 0.0119. The van der Waals surface area contributed by atoms with Crippen LogP contribution in [-0.4, -0.2) is 52.6 Å². The first-order valence-electron chi connectivity index (χ1n) is 15.5. The molecule has 242 valence electrons. The van der Waals surface area contributed by atoms with E-state index in [1.807, 2.05) is 0 Å². The van der Waals surface area contributed by atoms with E-state index in [2.05, 4.69) is 36.2 Å². The fourth-order valence-corrected chi connectivity index (χ4v) is 4.76. The summed E-state index contributed by atoms with van der Waals surface area (Å²) < 4.78 is 43.2. The van der Waals surface area contributed by atoms with Gasteiger partial charge in [0.05, 0.1) is 0 Å². The summed E-state index contributed by atoms with van der Waals surface area (Å²) in [5.41, 5.74) is 2.33. The van der Waals surface area contributed by atoms with Crippen molar-refractivity contribution < 1.29 is 27.5 Å². The van der Waals surface area contributed by atoms with Gasteiger partial charge in [-0.15, -0.1) is 0 Å². The summed E-state index contributed by atoms with van der Waals surface area (Å²) in [6, 6.07) is 13.1. The lowest BCUT2D eigenvalue weighted by molar-refractivity contribution is -0.154. The van der Waals surface area contributed by atoms with E-state index in [4.69, 9.17) is 4.74 Å². The van der Waals surface area contributed by atoms with Crippen molar-refractivity contribution in [3.05, 3.63) is 65.2 Å². The number of hydrogen-bond acceptors (Lipinski definition) is 8. The van der Waals surface area contributed by atoms with E-state index in [9.17, 15) is 22.8 Å². The highest BCUT2D eigenvalue weighted by Crippen LogP contribution is 2.21. The number of carbonyl (C=O) groups is 2. The maximum atomic E-state index is 12.8. The number of nitrogens with one attached hydrogen (secondary N) is 4. The Hall–Kier alpha value is -4.42. The first-order valence-corrected chi connectivity index (χ1v) is 15.5. The number of fused-ring (bicyclic) bond motifs is 2. The maximum Gasteiger partial charge on any atom is 0.422 e. The van der Waals surface area contributed by atoms with E-state index in [0.29, 0.717) is 29.9 Å². The van der Waals surface area contributed by atoms with Crippen LogP contribution < -0.4 is 26.0 Å². The van der Waals surface area contributed by atoms with Gasteiger partial charge in [-0.1, -0.05) is 63.5 Å². The molecule has 6 rings (SSSR count). The Morgan fingerprint density at radius 2 is 1.11 bits per heavy atom. The molecule has 0 aliphatic carbocycles. The van der Waals surface area contributed by atoms with Crippen molar-refractivity contribution in [2.45, 2.75) is 76.9 Å². The third kappa shape index (κ3) is 12.2. The second-order valence-electron chi connectivity index (χ2n) is 11.0. The van der Waals surface area contributed by atoms with Crippen LogP contribution in [0, 0.1) is 0 Å². The van der Waals surface area contributed by atoms with Gasteiger partial charge in [0.1, 0.15) is 0 Å². The minimum Gasteiger partial charge on any atom is -0.454 e. The van der Waals surface area contributed by atoms with Crippen molar-refractivity contribution in [2.75, 3.05) is 30.3 Å². The van der Waals surface area contributed by atoms with Crippen LogP contribution in [0.3, 0.4) is 0 Å². The molecule has 0 radical (unpaired) electrons. The van der Waals surface area contributed by atoms with Gasteiger partial charge in [0.25, 0.3) is 11.8 Å². The quantitative estimate of drug-likeness (QED) is 0.252. The summed E-state index contributed by atoms with van der Waals surface area (Å²) in [4.78, 5) is 37.3. The first-order chi connectivity index (χ1) is 21.7. The number of rotatable bonds is 2. The molecule has 6 bridgehead atoms. The number of anilines is 3. The SMILES string of the molecule is O=C1NCCCCCCCCCCCCNC(=O)c2ccc(cc2)Nc2nc(nc(OCC(F)(F)F)n2)NCc2ccc1cc2. The molecule has 3 aromatic rings. The van der Waals surface area contributed by atoms with Crippen LogP contribution in [0.15, 0.2) is 48.5 Å². The summed E-state index contributed by atoms with van der Waals surface area (Å²) in [6.07, 6.45) is 6.50. The molecule has 4 N–H and O–H groups in total. The van der Waals surface area contributed by atoms with Gasteiger partial charge in [-0.05, 0) is 54.8 Å². The van der Waals surface area contributed by atoms with Gasteiger partial charge in [-0.3, -0.25) is 9.59 Å². The molecule has 0 saturated heterocycles. The predicted octanol–water partition coefficient (Wildman–Crippen LogP) is 6.54. The number of hydrogen-bond donors (Lipinski definition) is 4. The van der Waals surface area contributed by atoms with Crippen LogP contribution in [0.4, 0.5) is 30.8 Å².